The van der Waals surface area contributed by atoms with Crippen molar-refractivity contribution >= 4 is 23.4 Å². The molecule has 2 rings (SSSR count). The lowest BCUT2D eigenvalue weighted by molar-refractivity contribution is -0.113. The van der Waals surface area contributed by atoms with Gasteiger partial charge in [0.25, 0.3) is 0 Å². The topological polar surface area (TPSA) is 29.1 Å². The highest BCUT2D eigenvalue weighted by atomic mass is 32.2. The summed E-state index contributed by atoms with van der Waals surface area (Å²) in [5.41, 5.74) is 0.963. The summed E-state index contributed by atoms with van der Waals surface area (Å²) >= 11 is 1.11. The molecule has 0 aromatic heterocycles. The van der Waals surface area contributed by atoms with E-state index >= 15 is 0 Å². The van der Waals surface area contributed by atoms with Gasteiger partial charge in [0.15, 0.2) is 0 Å². The second-order valence-electron chi connectivity index (χ2n) is 2.38. The summed E-state index contributed by atoms with van der Waals surface area (Å²) < 4.78 is 0. The van der Waals surface area contributed by atoms with Crippen LogP contribution in [0.15, 0.2) is 29.2 Å². The maximum Gasteiger partial charge on any atom is 0.233 e. The van der Waals surface area contributed by atoms with Gasteiger partial charge < -0.3 is 5.32 Å². The predicted molar refractivity (Wildman–Crippen MR) is 47.2 cm³/mol. The summed E-state index contributed by atoms with van der Waals surface area (Å²) in [7, 11) is 0. The lowest BCUT2D eigenvalue weighted by atomic mass is 10.3. The standard InChI is InChI=1S/C8H8NOS/c10-8-5-11-7-4-2-1-3-6(7)9-8/h1-4,11H,5H2,(H,9,10). The third-order valence-corrected chi connectivity index (χ3v) is 2.75. The van der Waals surface area contributed by atoms with E-state index in [1.54, 1.807) is 0 Å². The molecule has 1 aromatic rings. The van der Waals surface area contributed by atoms with Gasteiger partial charge in [0.05, 0.1) is 11.4 Å². The minimum absolute atomic E-state index is 0.116. The van der Waals surface area contributed by atoms with Gasteiger partial charge in [-0.3, -0.25) is 4.79 Å². The van der Waals surface area contributed by atoms with Crippen LogP contribution in [0.5, 0.6) is 0 Å². The molecule has 0 atom stereocenters. The number of carbonyl (C=O) groups is 1. The number of anilines is 1. The lowest BCUT2D eigenvalue weighted by Gasteiger charge is -2.15. The third-order valence-electron chi connectivity index (χ3n) is 1.57. The normalized spacial score (nSPS) is 15.5. The zero-order valence-corrected chi connectivity index (χ0v) is 6.77. The number of para-hydroxylation sites is 1. The van der Waals surface area contributed by atoms with E-state index < -0.39 is 0 Å². The molecular weight excluding hydrogens is 158 g/mol. The van der Waals surface area contributed by atoms with Crippen LogP contribution < -0.4 is 5.32 Å². The Morgan fingerprint density at radius 1 is 1.36 bits per heavy atom. The molecule has 0 aliphatic carbocycles. The summed E-state index contributed by atoms with van der Waals surface area (Å²) in [4.78, 5) is 12.1. The molecule has 11 heavy (non-hydrogen) atoms. The highest BCUT2D eigenvalue weighted by Crippen LogP contribution is 2.30. The van der Waals surface area contributed by atoms with Crippen molar-refractivity contribution in [3.8, 4) is 0 Å². The van der Waals surface area contributed by atoms with Gasteiger partial charge in [-0.15, -0.1) is 0 Å². The number of hydrogen-bond donors (Lipinski definition) is 2. The first-order valence-corrected chi connectivity index (χ1v) is 4.50. The second kappa shape index (κ2) is 2.58. The van der Waals surface area contributed by atoms with Crippen molar-refractivity contribution in [1.29, 1.82) is 0 Å². The van der Waals surface area contributed by atoms with Gasteiger partial charge in [-0.25, -0.2) is 0 Å². The molecule has 0 saturated carbocycles. The molecule has 0 spiro atoms. The van der Waals surface area contributed by atoms with E-state index in [9.17, 15) is 4.79 Å². The Kier molecular flexibility index (Phi) is 1.58. The molecule has 1 aliphatic heterocycles. The molecule has 0 unspecified atom stereocenters. The van der Waals surface area contributed by atoms with E-state index in [2.05, 4.69) is 5.32 Å². The van der Waals surface area contributed by atoms with Crippen LogP contribution in [0.25, 0.3) is 0 Å². The summed E-state index contributed by atoms with van der Waals surface area (Å²) in [6, 6.07) is 7.89. The second-order valence-corrected chi connectivity index (χ2v) is 3.50. The lowest BCUT2D eigenvalue weighted by Crippen LogP contribution is -2.18. The SMILES string of the molecule is O=C1C[SH]c2ccccc2N1. The number of fused-ring (bicyclic) bond motifs is 1. The van der Waals surface area contributed by atoms with Crippen LogP contribution in [-0.2, 0) is 4.79 Å². The average Bonchev–Trinajstić information content (AvgIpc) is 2.04. The summed E-state index contributed by atoms with van der Waals surface area (Å²) in [6.07, 6.45) is 0. The number of thiol groups is 1. The molecular formula is C8H8NOS. The van der Waals surface area contributed by atoms with Crippen molar-refractivity contribution in [2.45, 2.75) is 4.90 Å². The van der Waals surface area contributed by atoms with Crippen molar-refractivity contribution in [1.82, 2.24) is 0 Å². The van der Waals surface area contributed by atoms with Gasteiger partial charge in [-0.1, -0.05) is 12.1 Å². The number of benzene rings is 1. The van der Waals surface area contributed by atoms with Crippen molar-refractivity contribution in [3.05, 3.63) is 24.3 Å². The van der Waals surface area contributed by atoms with Gasteiger partial charge in [0.1, 0.15) is 0 Å². The first-order chi connectivity index (χ1) is 5.36. The summed E-state index contributed by atoms with van der Waals surface area (Å²) in [6.45, 7) is 0. The minimum Gasteiger partial charge on any atom is -0.324 e. The highest BCUT2D eigenvalue weighted by Gasteiger charge is 2.11. The number of carbonyl (C=O) groups excluding carboxylic acids is 1. The van der Waals surface area contributed by atoms with Gasteiger partial charge in [0, 0.05) is 4.90 Å². The van der Waals surface area contributed by atoms with Crippen LogP contribution in [0.3, 0.4) is 0 Å². The zero-order valence-electron chi connectivity index (χ0n) is 5.87. The number of nitrogens with one attached hydrogen (secondary N) is 1. The molecule has 0 bridgehead atoms. The largest absolute Gasteiger partial charge is 0.324 e. The first kappa shape index (κ1) is 6.73. The monoisotopic (exact) mass is 166 g/mol. The molecule has 1 aliphatic rings. The Labute approximate surface area is 69.0 Å². The van der Waals surface area contributed by atoms with Gasteiger partial charge in [-0.2, -0.15) is 11.8 Å². The van der Waals surface area contributed by atoms with Crippen molar-refractivity contribution in [2.24, 2.45) is 0 Å². The Hall–Kier alpha value is -0.960. The maximum absolute atomic E-state index is 10.9. The Morgan fingerprint density at radius 2 is 2.18 bits per heavy atom. The quantitative estimate of drug-likeness (QED) is 0.561. The smallest absolute Gasteiger partial charge is 0.233 e. The fourth-order valence-corrected chi connectivity index (χ4v) is 1.95. The van der Waals surface area contributed by atoms with E-state index in [0.717, 1.165) is 17.4 Å². The third kappa shape index (κ3) is 1.24. The van der Waals surface area contributed by atoms with Crippen molar-refractivity contribution in [2.75, 3.05) is 11.1 Å². The van der Waals surface area contributed by atoms with Crippen LogP contribution in [0.2, 0.25) is 0 Å². The van der Waals surface area contributed by atoms with E-state index in [0.29, 0.717) is 5.75 Å². The van der Waals surface area contributed by atoms with Crippen LogP contribution in [0, 0.1) is 0 Å². The first-order valence-electron chi connectivity index (χ1n) is 3.42. The fraction of sp³-hybridized carbons (Fsp3) is 0.125. The van der Waals surface area contributed by atoms with Gasteiger partial charge in [0.2, 0.25) is 5.91 Å². The number of amides is 1. The van der Waals surface area contributed by atoms with Gasteiger partial charge >= 0.3 is 0 Å². The van der Waals surface area contributed by atoms with Gasteiger partial charge in [-0.05, 0) is 12.1 Å². The molecule has 1 amide bonds. The molecule has 1 radical (unpaired) electrons. The highest BCUT2D eigenvalue weighted by molar-refractivity contribution is 8.00. The Balaban J connectivity index is 2.41. The van der Waals surface area contributed by atoms with Crippen LogP contribution in [-0.4, -0.2) is 11.7 Å². The van der Waals surface area contributed by atoms with Crippen molar-refractivity contribution < 1.29 is 4.79 Å². The maximum atomic E-state index is 10.9. The average molecular weight is 166 g/mol. The molecule has 1 aromatic carbocycles. The summed E-state index contributed by atoms with van der Waals surface area (Å²) in [5.74, 6) is 0.710. The van der Waals surface area contributed by atoms with Crippen LogP contribution in [0.4, 0.5) is 5.69 Å². The van der Waals surface area contributed by atoms with Crippen LogP contribution >= 0.6 is 11.8 Å². The molecule has 0 fully saturated rings. The molecule has 3 heteroatoms. The molecule has 1 N–H and O–H groups in total. The van der Waals surface area contributed by atoms with E-state index in [-0.39, 0.29) is 5.91 Å². The fourth-order valence-electron chi connectivity index (χ4n) is 1.06. The zero-order chi connectivity index (χ0) is 7.68. The molecule has 57 valence electrons. The Bertz CT molecular complexity index is 298. The predicted octanol–water partition coefficient (Wildman–Crippen LogP) is 1.46. The molecule has 1 heterocycles. The summed E-state index contributed by atoms with van der Waals surface area (Å²) in [5, 5.41) is 2.81. The minimum atomic E-state index is 0.116. The van der Waals surface area contributed by atoms with Crippen molar-refractivity contribution in [3.63, 3.8) is 0 Å². The number of hydrogen-bond acceptors (Lipinski definition) is 1. The molecule has 0 saturated heterocycles. The van der Waals surface area contributed by atoms with E-state index in [1.807, 2.05) is 24.3 Å². The Morgan fingerprint density at radius 3 is 3.09 bits per heavy atom. The van der Waals surface area contributed by atoms with E-state index in [4.69, 9.17) is 0 Å². The van der Waals surface area contributed by atoms with Crippen LogP contribution in [0.1, 0.15) is 0 Å². The molecule has 2 nitrogen and oxygen atoms in total. The van der Waals surface area contributed by atoms with E-state index in [1.165, 1.54) is 4.90 Å². The number of rotatable bonds is 0.